The van der Waals surface area contributed by atoms with E-state index in [0.717, 1.165) is 16.7 Å². The number of hydrogen-bond donors (Lipinski definition) is 2. The van der Waals surface area contributed by atoms with E-state index in [1.54, 1.807) is 19.1 Å². The lowest BCUT2D eigenvalue weighted by Crippen LogP contribution is -2.44. The molecule has 0 fully saturated rings. The SMILES string of the molecule is CCOC(=O)C(Cc1ccc(O)cc1)NS(=O)(=O)c1c(C(C)C)cc(C(C)C)cc1C(C)C. The molecule has 0 radical (unpaired) electrons. The van der Waals surface area contributed by atoms with Crippen molar-refractivity contribution >= 4 is 16.0 Å². The first kappa shape index (κ1) is 26.9. The third-order valence-corrected chi connectivity index (χ3v) is 7.20. The quantitative estimate of drug-likeness (QED) is 0.460. The third kappa shape index (κ3) is 6.81. The minimum atomic E-state index is -4.05. The van der Waals surface area contributed by atoms with Crippen LogP contribution < -0.4 is 4.72 Å². The Morgan fingerprint density at radius 2 is 1.45 bits per heavy atom. The second-order valence-corrected chi connectivity index (χ2v) is 10.9. The van der Waals surface area contributed by atoms with Gasteiger partial charge in [-0.25, -0.2) is 8.42 Å². The van der Waals surface area contributed by atoms with Crippen LogP contribution in [0.1, 0.15) is 88.5 Å². The molecule has 0 saturated carbocycles. The molecule has 6 nitrogen and oxygen atoms in total. The number of rotatable bonds is 10. The summed E-state index contributed by atoms with van der Waals surface area (Å²) in [6, 6.07) is 9.17. The van der Waals surface area contributed by atoms with Crippen LogP contribution in [0.3, 0.4) is 0 Å². The van der Waals surface area contributed by atoms with Crippen molar-refractivity contribution in [3.8, 4) is 5.75 Å². The maximum Gasteiger partial charge on any atom is 0.324 e. The summed E-state index contributed by atoms with van der Waals surface area (Å²) in [7, 11) is -4.05. The number of phenolic OH excluding ortho intramolecular Hbond substituents is 1. The fourth-order valence-electron chi connectivity index (χ4n) is 3.73. The third-order valence-electron chi connectivity index (χ3n) is 5.59. The molecule has 0 bridgehead atoms. The summed E-state index contributed by atoms with van der Waals surface area (Å²) in [5.41, 5.74) is 3.28. The predicted octanol–water partition coefficient (Wildman–Crippen LogP) is 5.22. The van der Waals surface area contributed by atoms with Gasteiger partial charge in [-0.05, 0) is 65.5 Å². The number of aromatic hydroxyl groups is 1. The van der Waals surface area contributed by atoms with Gasteiger partial charge < -0.3 is 9.84 Å². The van der Waals surface area contributed by atoms with Gasteiger partial charge in [0.15, 0.2) is 0 Å². The molecule has 2 aromatic rings. The summed E-state index contributed by atoms with van der Waals surface area (Å²) in [6.07, 6.45) is 0.108. The highest BCUT2D eigenvalue weighted by molar-refractivity contribution is 7.89. The number of sulfonamides is 1. The maximum atomic E-state index is 13.8. The first-order valence-corrected chi connectivity index (χ1v) is 13.0. The smallest absolute Gasteiger partial charge is 0.324 e. The molecule has 0 aliphatic carbocycles. The number of phenols is 1. The average Bonchev–Trinajstić information content (AvgIpc) is 2.73. The van der Waals surface area contributed by atoms with Gasteiger partial charge in [-0.2, -0.15) is 4.72 Å². The van der Waals surface area contributed by atoms with Gasteiger partial charge in [-0.1, -0.05) is 65.8 Å². The Balaban J connectivity index is 2.58. The highest BCUT2D eigenvalue weighted by atomic mass is 32.2. The molecular weight excluding hydrogens is 438 g/mol. The lowest BCUT2D eigenvalue weighted by Gasteiger charge is -2.25. The minimum Gasteiger partial charge on any atom is -0.508 e. The van der Waals surface area contributed by atoms with Gasteiger partial charge in [0, 0.05) is 0 Å². The average molecular weight is 476 g/mol. The van der Waals surface area contributed by atoms with E-state index < -0.39 is 22.0 Å². The number of carbonyl (C=O) groups is 1. The van der Waals surface area contributed by atoms with Crippen LogP contribution in [0.25, 0.3) is 0 Å². The Morgan fingerprint density at radius 1 is 0.939 bits per heavy atom. The monoisotopic (exact) mass is 475 g/mol. The molecule has 33 heavy (non-hydrogen) atoms. The number of esters is 1. The van der Waals surface area contributed by atoms with Gasteiger partial charge in [-0.15, -0.1) is 0 Å². The second-order valence-electron chi connectivity index (χ2n) is 9.29. The predicted molar refractivity (Wildman–Crippen MR) is 131 cm³/mol. The van der Waals surface area contributed by atoms with E-state index in [1.807, 2.05) is 39.8 Å². The van der Waals surface area contributed by atoms with Crippen molar-refractivity contribution in [1.82, 2.24) is 4.72 Å². The van der Waals surface area contributed by atoms with E-state index in [2.05, 4.69) is 18.6 Å². The first-order chi connectivity index (χ1) is 15.4. The number of carbonyl (C=O) groups excluding carboxylic acids is 1. The van der Waals surface area contributed by atoms with Gasteiger partial charge in [0.05, 0.1) is 11.5 Å². The van der Waals surface area contributed by atoms with Gasteiger partial charge in [0.1, 0.15) is 11.8 Å². The fraction of sp³-hybridized carbons (Fsp3) is 0.500. The Labute approximate surface area is 198 Å². The largest absolute Gasteiger partial charge is 0.508 e. The number of benzene rings is 2. The molecule has 0 aliphatic rings. The zero-order chi connectivity index (χ0) is 24.9. The van der Waals surface area contributed by atoms with Crippen LogP contribution in [0.4, 0.5) is 0 Å². The standard InChI is InChI=1S/C26H37NO5S/c1-8-32-26(29)24(13-19-9-11-21(28)12-10-19)27-33(30,31)25-22(17(4)5)14-20(16(2)3)15-23(25)18(6)7/h9-12,14-18,24,27-28H,8,13H2,1-7H3. The van der Waals surface area contributed by atoms with Crippen LogP contribution in [0.5, 0.6) is 5.75 Å². The number of hydrogen-bond acceptors (Lipinski definition) is 5. The second kappa shape index (κ2) is 11.2. The van der Waals surface area contributed by atoms with E-state index in [9.17, 15) is 18.3 Å². The minimum absolute atomic E-state index is 0.0223. The Morgan fingerprint density at radius 3 is 1.88 bits per heavy atom. The van der Waals surface area contributed by atoms with Gasteiger partial charge in [-0.3, -0.25) is 4.79 Å². The molecule has 0 saturated heterocycles. The normalized spacial score (nSPS) is 13.0. The molecule has 2 rings (SSSR count). The van der Waals surface area contributed by atoms with E-state index in [0.29, 0.717) is 5.56 Å². The van der Waals surface area contributed by atoms with E-state index in [1.165, 1.54) is 12.1 Å². The zero-order valence-corrected chi connectivity index (χ0v) is 21.5. The summed E-state index contributed by atoms with van der Waals surface area (Å²) in [5.74, 6) is -0.325. The summed E-state index contributed by atoms with van der Waals surface area (Å²) < 4.78 is 35.3. The molecule has 7 heteroatoms. The summed E-state index contributed by atoms with van der Waals surface area (Å²) >= 11 is 0. The lowest BCUT2D eigenvalue weighted by atomic mass is 9.89. The molecule has 1 unspecified atom stereocenters. The lowest BCUT2D eigenvalue weighted by molar-refractivity contribution is -0.145. The van der Waals surface area contributed by atoms with Gasteiger partial charge >= 0.3 is 5.97 Å². The van der Waals surface area contributed by atoms with Gasteiger partial charge in [0.2, 0.25) is 10.0 Å². The van der Waals surface area contributed by atoms with E-state index >= 15 is 0 Å². The van der Waals surface area contributed by atoms with E-state index in [-0.39, 0.29) is 41.4 Å². The molecule has 0 aliphatic heterocycles. The fourth-order valence-corrected chi connectivity index (χ4v) is 5.61. The summed E-state index contributed by atoms with van der Waals surface area (Å²) in [4.78, 5) is 13.0. The van der Waals surface area contributed by atoms with Gasteiger partial charge in [0.25, 0.3) is 0 Å². The molecule has 1 atom stereocenters. The van der Waals surface area contributed by atoms with Crippen LogP contribution in [-0.2, 0) is 26.0 Å². The molecular formula is C26H37NO5S. The van der Waals surface area contributed by atoms with Crippen molar-refractivity contribution < 1.29 is 23.1 Å². The summed E-state index contributed by atoms with van der Waals surface area (Å²) in [6.45, 7) is 13.9. The molecule has 0 aromatic heterocycles. The molecule has 0 amide bonds. The van der Waals surface area contributed by atoms with Crippen LogP contribution in [0.15, 0.2) is 41.3 Å². The summed E-state index contributed by atoms with van der Waals surface area (Å²) in [5, 5.41) is 9.54. The highest BCUT2D eigenvalue weighted by Gasteiger charge is 2.32. The molecule has 2 N–H and O–H groups in total. The Kier molecular flexibility index (Phi) is 9.09. The van der Waals surface area contributed by atoms with Crippen molar-refractivity contribution in [2.45, 2.75) is 83.6 Å². The van der Waals surface area contributed by atoms with Crippen molar-refractivity contribution in [3.05, 3.63) is 58.7 Å². The van der Waals surface area contributed by atoms with Crippen LogP contribution in [-0.4, -0.2) is 32.1 Å². The van der Waals surface area contributed by atoms with Crippen molar-refractivity contribution in [2.75, 3.05) is 6.61 Å². The molecule has 182 valence electrons. The van der Waals surface area contributed by atoms with Crippen molar-refractivity contribution in [3.63, 3.8) is 0 Å². The molecule has 0 heterocycles. The van der Waals surface area contributed by atoms with Crippen molar-refractivity contribution in [1.29, 1.82) is 0 Å². The molecule has 2 aromatic carbocycles. The number of ether oxygens (including phenoxy) is 1. The zero-order valence-electron chi connectivity index (χ0n) is 20.7. The van der Waals surface area contributed by atoms with Crippen LogP contribution in [0.2, 0.25) is 0 Å². The topological polar surface area (TPSA) is 92.7 Å². The van der Waals surface area contributed by atoms with Crippen LogP contribution in [0, 0.1) is 0 Å². The highest BCUT2D eigenvalue weighted by Crippen LogP contribution is 2.35. The Hall–Kier alpha value is -2.38. The van der Waals surface area contributed by atoms with E-state index in [4.69, 9.17) is 4.74 Å². The maximum absolute atomic E-state index is 13.8. The molecule has 0 spiro atoms. The number of nitrogens with one attached hydrogen (secondary N) is 1. The Bertz CT molecular complexity index is 1030. The first-order valence-electron chi connectivity index (χ1n) is 11.5. The van der Waals surface area contributed by atoms with Crippen molar-refractivity contribution in [2.24, 2.45) is 0 Å². The van der Waals surface area contributed by atoms with Crippen LogP contribution >= 0.6 is 0 Å².